The lowest BCUT2D eigenvalue weighted by Gasteiger charge is -2.33. The van der Waals surface area contributed by atoms with Gasteiger partial charge in [0, 0.05) is 43.7 Å². The highest BCUT2D eigenvalue weighted by molar-refractivity contribution is 5.92. The van der Waals surface area contributed by atoms with Gasteiger partial charge in [-0.2, -0.15) is 0 Å². The SMILES string of the molecule is O=C(c1cc(-c2ccc(F)cc2)no1)N1CCC(C(=O)N2CCCCCC2)CC1. The normalized spacial score (nSPS) is 18.5. The number of piperidine rings is 1. The highest BCUT2D eigenvalue weighted by Gasteiger charge is 2.31. The van der Waals surface area contributed by atoms with Crippen molar-refractivity contribution in [1.29, 1.82) is 0 Å². The standard InChI is InChI=1S/C22H26FN3O3/c23-18-7-5-16(6-8-18)19-15-20(29-24-19)22(28)26-13-9-17(10-14-26)21(27)25-11-3-1-2-4-12-25/h5-8,15,17H,1-4,9-14H2. The second-order valence-electron chi connectivity index (χ2n) is 7.89. The summed E-state index contributed by atoms with van der Waals surface area (Å²) in [7, 11) is 0. The Balaban J connectivity index is 1.34. The van der Waals surface area contributed by atoms with E-state index in [-0.39, 0.29) is 29.3 Å². The van der Waals surface area contributed by atoms with Crippen LogP contribution in [0.25, 0.3) is 11.3 Å². The van der Waals surface area contributed by atoms with E-state index in [9.17, 15) is 14.0 Å². The number of amides is 2. The summed E-state index contributed by atoms with van der Waals surface area (Å²) in [6, 6.07) is 7.47. The van der Waals surface area contributed by atoms with Gasteiger partial charge in [-0.3, -0.25) is 9.59 Å². The maximum atomic E-state index is 13.1. The van der Waals surface area contributed by atoms with E-state index in [1.54, 1.807) is 23.1 Å². The van der Waals surface area contributed by atoms with Gasteiger partial charge in [0.25, 0.3) is 5.91 Å². The van der Waals surface area contributed by atoms with Crippen LogP contribution in [0.4, 0.5) is 4.39 Å². The van der Waals surface area contributed by atoms with E-state index in [4.69, 9.17) is 4.52 Å². The number of hydrogen-bond donors (Lipinski definition) is 0. The van der Waals surface area contributed by atoms with E-state index >= 15 is 0 Å². The van der Waals surface area contributed by atoms with E-state index in [0.29, 0.717) is 37.2 Å². The summed E-state index contributed by atoms with van der Waals surface area (Å²) in [6.45, 7) is 2.80. The maximum Gasteiger partial charge on any atom is 0.292 e. The number of hydrogen-bond acceptors (Lipinski definition) is 4. The predicted molar refractivity (Wildman–Crippen MR) is 106 cm³/mol. The van der Waals surface area contributed by atoms with Crippen molar-refractivity contribution in [2.45, 2.75) is 38.5 Å². The Bertz CT molecular complexity index is 848. The van der Waals surface area contributed by atoms with Crippen LogP contribution < -0.4 is 0 Å². The zero-order valence-electron chi connectivity index (χ0n) is 16.5. The molecule has 7 heteroatoms. The van der Waals surface area contributed by atoms with Crippen molar-refractivity contribution < 1.29 is 18.5 Å². The molecule has 0 spiro atoms. The van der Waals surface area contributed by atoms with Crippen molar-refractivity contribution in [3.8, 4) is 11.3 Å². The first-order valence-electron chi connectivity index (χ1n) is 10.4. The molecule has 2 aliphatic rings. The second-order valence-corrected chi connectivity index (χ2v) is 7.89. The Morgan fingerprint density at radius 2 is 1.59 bits per heavy atom. The number of rotatable bonds is 3. The molecule has 6 nitrogen and oxygen atoms in total. The van der Waals surface area contributed by atoms with Crippen LogP contribution in [0.5, 0.6) is 0 Å². The highest BCUT2D eigenvalue weighted by atomic mass is 19.1. The Labute approximate surface area is 169 Å². The summed E-state index contributed by atoms with van der Waals surface area (Å²) in [5.41, 5.74) is 1.19. The molecular formula is C22H26FN3O3. The third-order valence-corrected chi connectivity index (χ3v) is 5.91. The van der Waals surface area contributed by atoms with Gasteiger partial charge in [-0.1, -0.05) is 18.0 Å². The second kappa shape index (κ2) is 8.76. The summed E-state index contributed by atoms with van der Waals surface area (Å²) in [6.07, 6.45) is 5.94. The fraction of sp³-hybridized carbons (Fsp3) is 0.500. The van der Waals surface area contributed by atoms with E-state index in [1.807, 2.05) is 4.90 Å². The Hall–Kier alpha value is -2.70. The molecule has 2 saturated heterocycles. The van der Waals surface area contributed by atoms with Gasteiger partial charge in [-0.15, -0.1) is 0 Å². The largest absolute Gasteiger partial charge is 0.350 e. The first kappa shape index (κ1) is 19.6. The van der Waals surface area contributed by atoms with Crippen molar-refractivity contribution >= 4 is 11.8 Å². The Morgan fingerprint density at radius 1 is 0.931 bits per heavy atom. The fourth-order valence-corrected chi connectivity index (χ4v) is 4.17. The molecule has 4 rings (SSSR count). The van der Waals surface area contributed by atoms with Crippen molar-refractivity contribution in [2.75, 3.05) is 26.2 Å². The highest BCUT2D eigenvalue weighted by Crippen LogP contribution is 2.25. The number of carbonyl (C=O) groups is 2. The Morgan fingerprint density at radius 3 is 2.24 bits per heavy atom. The molecule has 0 bridgehead atoms. The van der Waals surface area contributed by atoms with E-state index in [1.165, 1.54) is 25.0 Å². The van der Waals surface area contributed by atoms with Crippen molar-refractivity contribution in [2.24, 2.45) is 5.92 Å². The van der Waals surface area contributed by atoms with Crippen LogP contribution in [0.15, 0.2) is 34.9 Å². The average molecular weight is 399 g/mol. The minimum absolute atomic E-state index is 0.00153. The van der Waals surface area contributed by atoms with E-state index < -0.39 is 0 Å². The average Bonchev–Trinajstić information content (AvgIpc) is 3.08. The quantitative estimate of drug-likeness (QED) is 0.789. The summed E-state index contributed by atoms with van der Waals surface area (Å²) in [5.74, 6) is -0.127. The van der Waals surface area contributed by atoms with Crippen LogP contribution in [-0.2, 0) is 4.79 Å². The molecule has 2 aliphatic heterocycles. The molecule has 154 valence electrons. The molecule has 29 heavy (non-hydrogen) atoms. The van der Waals surface area contributed by atoms with Gasteiger partial charge < -0.3 is 14.3 Å². The van der Waals surface area contributed by atoms with Crippen molar-refractivity contribution in [1.82, 2.24) is 15.0 Å². The molecule has 0 radical (unpaired) electrons. The number of aromatic nitrogens is 1. The lowest BCUT2D eigenvalue weighted by atomic mass is 9.95. The minimum atomic E-state index is -0.328. The molecule has 1 aromatic heterocycles. The molecule has 3 heterocycles. The fourth-order valence-electron chi connectivity index (χ4n) is 4.17. The van der Waals surface area contributed by atoms with Gasteiger partial charge in [0.15, 0.2) is 0 Å². The van der Waals surface area contributed by atoms with Crippen LogP contribution in [-0.4, -0.2) is 52.9 Å². The minimum Gasteiger partial charge on any atom is -0.350 e. The third kappa shape index (κ3) is 4.49. The molecule has 0 unspecified atom stereocenters. The molecule has 2 fully saturated rings. The smallest absolute Gasteiger partial charge is 0.292 e. The lowest BCUT2D eigenvalue weighted by Crippen LogP contribution is -2.44. The molecule has 2 aromatic rings. The number of likely N-dealkylation sites (tertiary alicyclic amines) is 2. The maximum absolute atomic E-state index is 13.1. The molecule has 2 amide bonds. The molecule has 0 atom stereocenters. The van der Waals surface area contributed by atoms with Gasteiger partial charge in [-0.05, 0) is 49.9 Å². The zero-order valence-corrected chi connectivity index (χ0v) is 16.5. The van der Waals surface area contributed by atoms with Gasteiger partial charge in [0.1, 0.15) is 11.5 Å². The van der Waals surface area contributed by atoms with Gasteiger partial charge in [-0.25, -0.2) is 4.39 Å². The summed E-state index contributed by atoms with van der Waals surface area (Å²) >= 11 is 0. The number of benzene rings is 1. The van der Waals surface area contributed by atoms with Crippen molar-refractivity contribution in [3.63, 3.8) is 0 Å². The van der Waals surface area contributed by atoms with Gasteiger partial charge >= 0.3 is 0 Å². The van der Waals surface area contributed by atoms with Crippen LogP contribution >= 0.6 is 0 Å². The number of nitrogens with zero attached hydrogens (tertiary/aromatic N) is 3. The predicted octanol–water partition coefficient (Wildman–Crippen LogP) is 3.74. The molecule has 0 saturated carbocycles. The molecule has 0 aliphatic carbocycles. The van der Waals surface area contributed by atoms with Crippen LogP contribution in [0.2, 0.25) is 0 Å². The first-order valence-corrected chi connectivity index (χ1v) is 10.4. The van der Waals surface area contributed by atoms with Crippen LogP contribution in [0.3, 0.4) is 0 Å². The number of carbonyl (C=O) groups excluding carboxylic acids is 2. The summed E-state index contributed by atoms with van der Waals surface area (Å²) in [4.78, 5) is 29.3. The first-order chi connectivity index (χ1) is 14.1. The third-order valence-electron chi connectivity index (χ3n) is 5.91. The van der Waals surface area contributed by atoms with Crippen molar-refractivity contribution in [3.05, 3.63) is 41.9 Å². The summed E-state index contributed by atoms with van der Waals surface area (Å²) < 4.78 is 18.3. The lowest BCUT2D eigenvalue weighted by molar-refractivity contribution is -0.136. The number of halogens is 1. The van der Waals surface area contributed by atoms with Crippen LogP contribution in [0.1, 0.15) is 49.1 Å². The topological polar surface area (TPSA) is 66.7 Å². The monoisotopic (exact) mass is 399 g/mol. The van der Waals surface area contributed by atoms with E-state index in [2.05, 4.69) is 5.16 Å². The molecule has 1 aromatic carbocycles. The van der Waals surface area contributed by atoms with Crippen LogP contribution in [0, 0.1) is 11.7 Å². The molecule has 0 N–H and O–H groups in total. The zero-order chi connectivity index (χ0) is 20.2. The molecular weight excluding hydrogens is 373 g/mol. The van der Waals surface area contributed by atoms with E-state index in [0.717, 1.165) is 25.9 Å². The Kier molecular flexibility index (Phi) is 5.92. The van der Waals surface area contributed by atoms with Gasteiger partial charge in [0.05, 0.1) is 0 Å². The van der Waals surface area contributed by atoms with Gasteiger partial charge in [0.2, 0.25) is 11.7 Å². The summed E-state index contributed by atoms with van der Waals surface area (Å²) in [5, 5.41) is 3.94.